The number of nitrogens with zero attached hydrogens (tertiary/aromatic N) is 2. The van der Waals surface area contributed by atoms with Crippen LogP contribution < -0.4 is 16.6 Å². The van der Waals surface area contributed by atoms with Gasteiger partial charge in [-0.1, -0.05) is 6.92 Å². The highest BCUT2D eigenvalue weighted by atomic mass is 16.1. The lowest BCUT2D eigenvalue weighted by Gasteiger charge is -2.22. The molecule has 1 unspecified atom stereocenters. The molecular formula is C13H21N5O. The number of aromatic nitrogens is 1. The minimum absolute atomic E-state index is 0.0816. The molecule has 2 heterocycles. The topological polar surface area (TPSA) is 83.3 Å². The van der Waals surface area contributed by atoms with Crippen molar-refractivity contribution in [3.63, 3.8) is 0 Å². The minimum atomic E-state index is -0.0816. The molecule has 1 aromatic rings. The molecule has 1 amide bonds. The molecule has 1 fully saturated rings. The summed E-state index contributed by atoms with van der Waals surface area (Å²) in [6.07, 6.45) is 3.93. The molecule has 2 rings (SSSR count). The summed E-state index contributed by atoms with van der Waals surface area (Å²) in [5.74, 6) is 5.69. The molecule has 0 bridgehead atoms. The van der Waals surface area contributed by atoms with Crippen molar-refractivity contribution in [2.24, 2.45) is 5.84 Å². The molecule has 6 heteroatoms. The van der Waals surface area contributed by atoms with Crippen molar-refractivity contribution in [2.75, 3.05) is 25.1 Å². The maximum Gasteiger partial charge on any atom is 0.251 e. The second kappa shape index (κ2) is 6.49. The largest absolute Gasteiger partial charge is 0.350 e. The second-order valence-corrected chi connectivity index (χ2v) is 4.71. The van der Waals surface area contributed by atoms with Crippen molar-refractivity contribution in [1.82, 2.24) is 15.2 Å². The van der Waals surface area contributed by atoms with E-state index in [1.54, 1.807) is 18.3 Å². The quantitative estimate of drug-likeness (QED) is 0.535. The molecule has 6 nitrogen and oxygen atoms in total. The Balaban J connectivity index is 1.90. The third kappa shape index (κ3) is 3.42. The summed E-state index contributed by atoms with van der Waals surface area (Å²) >= 11 is 0. The molecule has 0 saturated carbocycles. The normalized spacial score (nSPS) is 19.4. The van der Waals surface area contributed by atoms with Crippen molar-refractivity contribution >= 4 is 11.7 Å². The van der Waals surface area contributed by atoms with Gasteiger partial charge in [0.05, 0.1) is 0 Å². The van der Waals surface area contributed by atoms with Crippen LogP contribution in [-0.2, 0) is 0 Å². The van der Waals surface area contributed by atoms with Gasteiger partial charge in [0.25, 0.3) is 5.91 Å². The number of amides is 1. The van der Waals surface area contributed by atoms with Gasteiger partial charge in [0.1, 0.15) is 5.82 Å². The van der Waals surface area contributed by atoms with Gasteiger partial charge in [-0.25, -0.2) is 10.8 Å². The number of likely N-dealkylation sites (N-methyl/N-ethyl adjacent to an activating group) is 1. The summed E-state index contributed by atoms with van der Waals surface area (Å²) in [5.41, 5.74) is 3.01. The van der Waals surface area contributed by atoms with Crippen LogP contribution in [0.1, 0.15) is 30.1 Å². The molecule has 1 aliphatic heterocycles. The van der Waals surface area contributed by atoms with E-state index < -0.39 is 0 Å². The SMILES string of the molecule is CCN1CCCC1CNC(=O)c1ccnc(NN)c1. The van der Waals surface area contributed by atoms with E-state index in [0.717, 1.165) is 19.5 Å². The van der Waals surface area contributed by atoms with Crippen molar-refractivity contribution < 1.29 is 4.79 Å². The number of carbonyl (C=O) groups excluding carboxylic acids is 1. The fourth-order valence-electron chi connectivity index (χ4n) is 2.51. The van der Waals surface area contributed by atoms with Crippen LogP contribution in [0.5, 0.6) is 0 Å². The van der Waals surface area contributed by atoms with E-state index in [1.165, 1.54) is 6.42 Å². The first-order valence-corrected chi connectivity index (χ1v) is 6.69. The first kappa shape index (κ1) is 13.8. The smallest absolute Gasteiger partial charge is 0.251 e. The standard InChI is InChI=1S/C13H21N5O/c1-2-18-7-3-4-11(18)9-16-13(19)10-5-6-15-12(8-10)17-14/h5-6,8,11H,2-4,7,9,14H2,1H3,(H,15,17)(H,16,19). The lowest BCUT2D eigenvalue weighted by molar-refractivity contribution is 0.0941. The van der Waals surface area contributed by atoms with Crippen LogP contribution in [-0.4, -0.2) is 41.5 Å². The number of rotatable bonds is 5. The number of anilines is 1. The fraction of sp³-hybridized carbons (Fsp3) is 0.538. The van der Waals surface area contributed by atoms with E-state index in [4.69, 9.17) is 5.84 Å². The number of nitrogens with two attached hydrogens (primary N) is 1. The van der Waals surface area contributed by atoms with Gasteiger partial charge in [-0.2, -0.15) is 0 Å². The Bertz CT molecular complexity index is 437. The van der Waals surface area contributed by atoms with Crippen molar-refractivity contribution in [2.45, 2.75) is 25.8 Å². The third-order valence-corrected chi connectivity index (χ3v) is 3.57. The average molecular weight is 263 g/mol. The van der Waals surface area contributed by atoms with E-state index >= 15 is 0 Å². The Labute approximate surface area is 113 Å². The first-order valence-electron chi connectivity index (χ1n) is 6.69. The first-order chi connectivity index (χ1) is 9.24. The Morgan fingerprint density at radius 2 is 2.47 bits per heavy atom. The summed E-state index contributed by atoms with van der Waals surface area (Å²) < 4.78 is 0. The average Bonchev–Trinajstić information content (AvgIpc) is 2.92. The maximum atomic E-state index is 12.0. The van der Waals surface area contributed by atoms with Crippen molar-refractivity contribution in [1.29, 1.82) is 0 Å². The van der Waals surface area contributed by atoms with E-state index in [1.807, 2.05) is 0 Å². The number of likely N-dealkylation sites (tertiary alicyclic amines) is 1. The number of hydrogen-bond acceptors (Lipinski definition) is 5. The van der Waals surface area contributed by atoms with Crippen LogP contribution >= 0.6 is 0 Å². The van der Waals surface area contributed by atoms with Gasteiger partial charge < -0.3 is 10.7 Å². The lowest BCUT2D eigenvalue weighted by atomic mass is 10.2. The molecular weight excluding hydrogens is 242 g/mol. The summed E-state index contributed by atoms with van der Waals surface area (Å²) in [4.78, 5) is 18.4. The van der Waals surface area contributed by atoms with E-state index in [0.29, 0.717) is 24.0 Å². The zero-order chi connectivity index (χ0) is 13.7. The Hall–Kier alpha value is -1.66. The maximum absolute atomic E-state index is 12.0. The summed E-state index contributed by atoms with van der Waals surface area (Å²) in [6.45, 7) is 5.02. The molecule has 1 atom stereocenters. The van der Waals surface area contributed by atoms with E-state index in [9.17, 15) is 4.79 Å². The Morgan fingerprint density at radius 3 is 3.21 bits per heavy atom. The van der Waals surface area contributed by atoms with Crippen molar-refractivity contribution in [3.8, 4) is 0 Å². The highest BCUT2D eigenvalue weighted by Gasteiger charge is 2.23. The summed E-state index contributed by atoms with van der Waals surface area (Å²) in [7, 11) is 0. The van der Waals surface area contributed by atoms with Gasteiger partial charge in [0, 0.05) is 24.3 Å². The van der Waals surface area contributed by atoms with Crippen LogP contribution in [0.15, 0.2) is 18.3 Å². The molecule has 19 heavy (non-hydrogen) atoms. The minimum Gasteiger partial charge on any atom is -0.350 e. The van der Waals surface area contributed by atoms with Gasteiger partial charge in [0.2, 0.25) is 0 Å². The molecule has 1 saturated heterocycles. The summed E-state index contributed by atoms with van der Waals surface area (Å²) in [6, 6.07) is 3.78. The monoisotopic (exact) mass is 263 g/mol. The number of pyridine rings is 1. The molecule has 1 aliphatic rings. The molecule has 4 N–H and O–H groups in total. The highest BCUT2D eigenvalue weighted by Crippen LogP contribution is 2.15. The third-order valence-electron chi connectivity index (χ3n) is 3.57. The van der Waals surface area contributed by atoms with Crippen molar-refractivity contribution in [3.05, 3.63) is 23.9 Å². The van der Waals surface area contributed by atoms with E-state index in [-0.39, 0.29) is 5.91 Å². The molecule has 0 aliphatic carbocycles. The molecule has 0 spiro atoms. The van der Waals surface area contributed by atoms with Crippen LogP contribution in [0.2, 0.25) is 0 Å². The second-order valence-electron chi connectivity index (χ2n) is 4.71. The molecule has 1 aromatic heterocycles. The predicted molar refractivity (Wildman–Crippen MR) is 74.6 cm³/mol. The van der Waals surface area contributed by atoms with Gasteiger partial charge in [-0.05, 0) is 38.1 Å². The summed E-state index contributed by atoms with van der Waals surface area (Å²) in [5, 5.41) is 2.98. The molecule has 104 valence electrons. The van der Waals surface area contributed by atoms with Crippen LogP contribution in [0, 0.1) is 0 Å². The lowest BCUT2D eigenvalue weighted by Crippen LogP contribution is -2.40. The van der Waals surface area contributed by atoms with Gasteiger partial charge >= 0.3 is 0 Å². The Morgan fingerprint density at radius 1 is 1.63 bits per heavy atom. The van der Waals surface area contributed by atoms with Gasteiger partial charge in [-0.3, -0.25) is 9.69 Å². The predicted octanol–water partition coefficient (Wildman–Crippen LogP) is 0.581. The molecule has 0 aromatic carbocycles. The highest BCUT2D eigenvalue weighted by molar-refractivity contribution is 5.94. The Kier molecular flexibility index (Phi) is 4.70. The van der Waals surface area contributed by atoms with Crippen LogP contribution in [0.25, 0.3) is 0 Å². The number of hydrazine groups is 1. The van der Waals surface area contributed by atoms with Crippen LogP contribution in [0.3, 0.4) is 0 Å². The van der Waals surface area contributed by atoms with Crippen LogP contribution in [0.4, 0.5) is 5.82 Å². The zero-order valence-corrected chi connectivity index (χ0v) is 11.2. The number of nitrogens with one attached hydrogen (secondary N) is 2. The van der Waals surface area contributed by atoms with Gasteiger partial charge in [-0.15, -0.1) is 0 Å². The van der Waals surface area contributed by atoms with E-state index in [2.05, 4.69) is 27.6 Å². The number of nitrogen functional groups attached to an aromatic ring is 1. The fourth-order valence-corrected chi connectivity index (χ4v) is 2.51. The molecule has 0 radical (unpaired) electrons. The zero-order valence-electron chi connectivity index (χ0n) is 11.2. The number of carbonyl (C=O) groups is 1. The number of hydrogen-bond donors (Lipinski definition) is 3. The van der Waals surface area contributed by atoms with Gasteiger partial charge in [0.15, 0.2) is 0 Å².